The zero-order valence-electron chi connectivity index (χ0n) is 13.2. The lowest BCUT2D eigenvalue weighted by Crippen LogP contribution is -2.50. The van der Waals surface area contributed by atoms with Crippen LogP contribution in [0.4, 0.5) is 5.69 Å². The number of carbonyl (C=O) groups is 2. The molecule has 1 unspecified atom stereocenters. The Bertz CT molecular complexity index is 559. The second-order valence-electron chi connectivity index (χ2n) is 5.78. The van der Waals surface area contributed by atoms with Crippen molar-refractivity contribution in [2.24, 2.45) is 11.7 Å². The molecule has 0 bridgehead atoms. The molecule has 6 heteroatoms. The fraction of sp³-hybridized carbons (Fsp3) is 0.500. The number of carbonyl (C=O) groups excluding carboxylic acids is 2. The van der Waals surface area contributed by atoms with E-state index in [1.54, 1.807) is 12.0 Å². The van der Waals surface area contributed by atoms with Gasteiger partial charge < -0.3 is 20.7 Å². The van der Waals surface area contributed by atoms with Crippen LogP contribution in [0.5, 0.6) is 5.75 Å². The maximum atomic E-state index is 12.5. The molecule has 1 heterocycles. The van der Waals surface area contributed by atoms with Crippen molar-refractivity contribution in [3.05, 3.63) is 24.3 Å². The number of rotatable bonds is 5. The van der Waals surface area contributed by atoms with Crippen molar-refractivity contribution >= 4 is 17.5 Å². The molecule has 1 saturated heterocycles. The van der Waals surface area contributed by atoms with Crippen LogP contribution in [0, 0.1) is 5.92 Å². The van der Waals surface area contributed by atoms with Crippen molar-refractivity contribution in [1.82, 2.24) is 5.32 Å². The molecule has 0 saturated carbocycles. The molecule has 0 aliphatic carbocycles. The molecular formula is C16H23N3O3. The van der Waals surface area contributed by atoms with Crippen LogP contribution in [0.1, 0.15) is 20.3 Å². The number of amides is 2. The third-order valence-corrected chi connectivity index (χ3v) is 3.92. The monoisotopic (exact) mass is 305 g/mol. The zero-order valence-corrected chi connectivity index (χ0v) is 13.2. The Morgan fingerprint density at radius 1 is 1.41 bits per heavy atom. The number of nitrogens with two attached hydrogens (primary N) is 1. The van der Waals surface area contributed by atoms with Gasteiger partial charge in [-0.25, -0.2) is 0 Å². The van der Waals surface area contributed by atoms with Gasteiger partial charge in [-0.05, 0) is 24.5 Å². The molecule has 22 heavy (non-hydrogen) atoms. The van der Waals surface area contributed by atoms with E-state index >= 15 is 0 Å². The molecule has 1 aliphatic heterocycles. The summed E-state index contributed by atoms with van der Waals surface area (Å²) in [4.78, 5) is 26.2. The Hall–Kier alpha value is -2.08. The predicted octanol–water partition coefficient (Wildman–Crippen LogP) is 0.900. The summed E-state index contributed by atoms with van der Waals surface area (Å²) in [7, 11) is 1.57. The van der Waals surface area contributed by atoms with E-state index in [0.29, 0.717) is 18.7 Å². The van der Waals surface area contributed by atoms with Gasteiger partial charge in [0.25, 0.3) is 0 Å². The molecule has 120 valence electrons. The largest absolute Gasteiger partial charge is 0.495 e. The first-order chi connectivity index (χ1) is 10.5. The van der Waals surface area contributed by atoms with Crippen molar-refractivity contribution in [2.45, 2.75) is 32.4 Å². The molecule has 6 nitrogen and oxygen atoms in total. The quantitative estimate of drug-likeness (QED) is 0.846. The summed E-state index contributed by atoms with van der Waals surface area (Å²) in [6.45, 7) is 4.30. The maximum Gasteiger partial charge on any atom is 0.249 e. The van der Waals surface area contributed by atoms with Gasteiger partial charge >= 0.3 is 0 Å². The van der Waals surface area contributed by atoms with Gasteiger partial charge in [0, 0.05) is 6.54 Å². The minimum absolute atomic E-state index is 0.0295. The van der Waals surface area contributed by atoms with E-state index in [1.165, 1.54) is 0 Å². The summed E-state index contributed by atoms with van der Waals surface area (Å²) in [5.74, 6) is 0.257. The molecule has 1 fully saturated rings. The van der Waals surface area contributed by atoms with Gasteiger partial charge in [0.15, 0.2) is 0 Å². The van der Waals surface area contributed by atoms with Crippen LogP contribution in [0.3, 0.4) is 0 Å². The van der Waals surface area contributed by atoms with Crippen molar-refractivity contribution < 1.29 is 14.3 Å². The first-order valence-corrected chi connectivity index (χ1v) is 7.46. The number of para-hydroxylation sites is 2. The zero-order chi connectivity index (χ0) is 16.3. The van der Waals surface area contributed by atoms with Crippen molar-refractivity contribution in [3.8, 4) is 5.75 Å². The second kappa shape index (κ2) is 6.79. The van der Waals surface area contributed by atoms with E-state index < -0.39 is 12.1 Å². The Morgan fingerprint density at radius 3 is 2.73 bits per heavy atom. The summed E-state index contributed by atoms with van der Waals surface area (Å²) in [5, 5.41) is 2.75. The number of anilines is 1. The lowest BCUT2D eigenvalue weighted by atomic mass is 10.0. The van der Waals surface area contributed by atoms with Gasteiger partial charge in [0.1, 0.15) is 11.8 Å². The molecule has 1 aromatic rings. The van der Waals surface area contributed by atoms with E-state index in [-0.39, 0.29) is 17.7 Å². The summed E-state index contributed by atoms with van der Waals surface area (Å²) < 4.78 is 5.29. The molecular weight excluding hydrogens is 282 g/mol. The van der Waals surface area contributed by atoms with Crippen LogP contribution in [-0.2, 0) is 9.59 Å². The van der Waals surface area contributed by atoms with E-state index in [9.17, 15) is 9.59 Å². The van der Waals surface area contributed by atoms with E-state index in [1.807, 2.05) is 38.1 Å². The fourth-order valence-corrected chi connectivity index (χ4v) is 2.48. The summed E-state index contributed by atoms with van der Waals surface area (Å²) >= 11 is 0. The van der Waals surface area contributed by atoms with Crippen molar-refractivity contribution in [2.75, 3.05) is 18.6 Å². The van der Waals surface area contributed by atoms with Crippen LogP contribution in [0.25, 0.3) is 0 Å². The number of benzene rings is 1. The number of hydrogen-bond donors (Lipinski definition) is 2. The lowest BCUT2D eigenvalue weighted by Gasteiger charge is -2.21. The van der Waals surface area contributed by atoms with Gasteiger partial charge in [-0.15, -0.1) is 0 Å². The van der Waals surface area contributed by atoms with Gasteiger partial charge in [-0.3, -0.25) is 9.59 Å². The first-order valence-electron chi connectivity index (χ1n) is 7.46. The number of methoxy groups -OCH3 is 1. The van der Waals surface area contributed by atoms with Gasteiger partial charge in [-0.2, -0.15) is 0 Å². The highest BCUT2D eigenvalue weighted by Gasteiger charge is 2.35. The Morgan fingerprint density at radius 2 is 2.09 bits per heavy atom. The third-order valence-electron chi connectivity index (χ3n) is 3.92. The molecule has 0 radical (unpaired) electrons. The van der Waals surface area contributed by atoms with E-state index in [2.05, 4.69) is 5.32 Å². The number of nitrogens with zero attached hydrogens (tertiary/aromatic N) is 1. The second-order valence-corrected chi connectivity index (χ2v) is 5.78. The molecule has 2 atom stereocenters. The highest BCUT2D eigenvalue weighted by molar-refractivity contribution is 6.02. The molecule has 2 rings (SSSR count). The minimum Gasteiger partial charge on any atom is -0.495 e. The fourth-order valence-electron chi connectivity index (χ4n) is 2.48. The highest BCUT2D eigenvalue weighted by Crippen LogP contribution is 2.31. The van der Waals surface area contributed by atoms with Crippen LogP contribution in [-0.4, -0.2) is 37.6 Å². The Balaban J connectivity index is 2.08. The minimum atomic E-state index is -0.604. The number of nitrogens with one attached hydrogen (secondary N) is 1. The lowest BCUT2D eigenvalue weighted by molar-refractivity contribution is -0.127. The van der Waals surface area contributed by atoms with E-state index in [4.69, 9.17) is 10.5 Å². The summed E-state index contributed by atoms with van der Waals surface area (Å²) in [6, 6.07) is 6.22. The van der Waals surface area contributed by atoms with Crippen LogP contribution in [0.2, 0.25) is 0 Å². The number of ether oxygens (including phenoxy) is 1. The molecule has 2 amide bonds. The van der Waals surface area contributed by atoms with Gasteiger partial charge in [-0.1, -0.05) is 26.0 Å². The average Bonchev–Trinajstić information content (AvgIpc) is 2.87. The average molecular weight is 305 g/mol. The van der Waals surface area contributed by atoms with Crippen LogP contribution < -0.4 is 20.7 Å². The third kappa shape index (κ3) is 3.22. The Kier molecular flexibility index (Phi) is 5.03. The highest BCUT2D eigenvalue weighted by atomic mass is 16.5. The molecule has 1 aliphatic rings. The topological polar surface area (TPSA) is 84.7 Å². The van der Waals surface area contributed by atoms with Gasteiger partial charge in [0.2, 0.25) is 11.8 Å². The predicted molar refractivity (Wildman–Crippen MR) is 84.7 cm³/mol. The normalized spacial score (nSPS) is 19.4. The first kappa shape index (κ1) is 16.3. The Labute approximate surface area is 130 Å². The van der Waals surface area contributed by atoms with Crippen molar-refractivity contribution in [1.29, 1.82) is 0 Å². The van der Waals surface area contributed by atoms with Crippen molar-refractivity contribution in [3.63, 3.8) is 0 Å². The van der Waals surface area contributed by atoms with Crippen LogP contribution >= 0.6 is 0 Å². The molecule has 0 aromatic heterocycles. The molecule has 1 aromatic carbocycles. The van der Waals surface area contributed by atoms with Crippen LogP contribution in [0.15, 0.2) is 24.3 Å². The molecule has 3 N–H and O–H groups in total. The SMILES string of the molecule is COc1ccccc1N1CCC(NC(=O)[C@@H](N)C(C)C)C1=O. The van der Waals surface area contributed by atoms with Gasteiger partial charge in [0.05, 0.1) is 18.8 Å². The standard InChI is InChI=1S/C16H23N3O3/c1-10(2)14(17)15(20)18-11-8-9-19(16(11)21)12-6-4-5-7-13(12)22-3/h4-7,10-11,14H,8-9,17H2,1-3H3,(H,18,20)/t11?,14-/m0/s1. The van der Waals surface area contributed by atoms with E-state index in [0.717, 1.165) is 5.69 Å². The summed E-state index contributed by atoms with van der Waals surface area (Å²) in [5.41, 5.74) is 6.54. The summed E-state index contributed by atoms with van der Waals surface area (Å²) in [6.07, 6.45) is 0.563. The molecule has 0 spiro atoms. The number of hydrogen-bond acceptors (Lipinski definition) is 4. The maximum absolute atomic E-state index is 12.5. The smallest absolute Gasteiger partial charge is 0.249 e.